The van der Waals surface area contributed by atoms with E-state index in [-0.39, 0.29) is 0 Å². The first-order chi connectivity index (χ1) is 7.70. The van der Waals surface area contributed by atoms with Gasteiger partial charge in [0, 0.05) is 6.20 Å². The second kappa shape index (κ2) is 4.49. The molecule has 1 unspecified atom stereocenters. The largest absolute Gasteiger partial charge is 0.330 e. The highest BCUT2D eigenvalue weighted by Crippen LogP contribution is 2.15. The van der Waals surface area contributed by atoms with Crippen molar-refractivity contribution in [3.8, 4) is 5.69 Å². The van der Waals surface area contributed by atoms with Gasteiger partial charge in [-0.25, -0.2) is 4.68 Å². The molecule has 0 bridgehead atoms. The molecule has 84 valence electrons. The molecule has 0 amide bonds. The summed E-state index contributed by atoms with van der Waals surface area (Å²) < 4.78 is 1.90. The van der Waals surface area contributed by atoms with Crippen LogP contribution in [0.15, 0.2) is 36.7 Å². The van der Waals surface area contributed by atoms with Gasteiger partial charge >= 0.3 is 0 Å². The van der Waals surface area contributed by atoms with E-state index in [4.69, 9.17) is 5.73 Å². The minimum Gasteiger partial charge on any atom is -0.330 e. The molecular weight excluding hydrogens is 198 g/mol. The van der Waals surface area contributed by atoms with Crippen LogP contribution in [0.25, 0.3) is 5.69 Å². The molecule has 3 heteroatoms. The first-order valence-electron chi connectivity index (χ1n) is 5.52. The zero-order valence-electron chi connectivity index (χ0n) is 9.72. The molecule has 1 aromatic carbocycles. The third-order valence-electron chi connectivity index (χ3n) is 2.79. The van der Waals surface area contributed by atoms with Gasteiger partial charge in [-0.3, -0.25) is 0 Å². The zero-order valence-corrected chi connectivity index (χ0v) is 9.72. The summed E-state index contributed by atoms with van der Waals surface area (Å²) in [5.41, 5.74) is 9.15. The summed E-state index contributed by atoms with van der Waals surface area (Å²) in [6.45, 7) is 4.84. The van der Waals surface area contributed by atoms with E-state index >= 15 is 0 Å². The Balaban J connectivity index is 2.31. The fourth-order valence-electron chi connectivity index (χ4n) is 1.64. The molecule has 0 saturated carbocycles. The lowest BCUT2D eigenvalue weighted by molar-refractivity contribution is 0.773. The van der Waals surface area contributed by atoms with Crippen molar-refractivity contribution >= 4 is 0 Å². The summed E-state index contributed by atoms with van der Waals surface area (Å²) in [5, 5.41) is 4.36. The zero-order chi connectivity index (χ0) is 11.5. The van der Waals surface area contributed by atoms with Crippen molar-refractivity contribution in [2.24, 2.45) is 5.73 Å². The van der Waals surface area contributed by atoms with Crippen LogP contribution in [0.2, 0.25) is 0 Å². The van der Waals surface area contributed by atoms with Crippen LogP contribution in [-0.2, 0) is 0 Å². The Labute approximate surface area is 95.9 Å². The molecule has 0 saturated heterocycles. The van der Waals surface area contributed by atoms with Gasteiger partial charge in [0.15, 0.2) is 0 Å². The smallest absolute Gasteiger partial charge is 0.0648 e. The highest BCUT2D eigenvalue weighted by Gasteiger charge is 2.06. The third-order valence-corrected chi connectivity index (χ3v) is 2.79. The number of hydrogen-bond acceptors (Lipinski definition) is 2. The fourth-order valence-corrected chi connectivity index (χ4v) is 1.64. The van der Waals surface area contributed by atoms with E-state index in [1.54, 1.807) is 0 Å². The van der Waals surface area contributed by atoms with Crippen LogP contribution in [0, 0.1) is 6.92 Å². The van der Waals surface area contributed by atoms with E-state index in [1.165, 1.54) is 11.1 Å². The van der Waals surface area contributed by atoms with Crippen LogP contribution in [-0.4, -0.2) is 16.3 Å². The number of hydrogen-bond donors (Lipinski definition) is 1. The molecule has 2 aromatic rings. The van der Waals surface area contributed by atoms with Crippen LogP contribution in [0.1, 0.15) is 24.0 Å². The highest BCUT2D eigenvalue weighted by atomic mass is 15.3. The topological polar surface area (TPSA) is 43.8 Å². The average Bonchev–Trinajstić information content (AvgIpc) is 2.77. The van der Waals surface area contributed by atoms with Gasteiger partial charge in [-0.1, -0.05) is 19.1 Å². The van der Waals surface area contributed by atoms with Crippen molar-refractivity contribution in [2.45, 2.75) is 19.8 Å². The molecule has 3 nitrogen and oxygen atoms in total. The van der Waals surface area contributed by atoms with Gasteiger partial charge in [0.1, 0.15) is 0 Å². The van der Waals surface area contributed by atoms with E-state index in [1.807, 2.05) is 23.1 Å². The minimum absolute atomic E-state index is 0.360. The average molecular weight is 215 g/mol. The van der Waals surface area contributed by atoms with Gasteiger partial charge in [-0.15, -0.1) is 0 Å². The summed E-state index contributed by atoms with van der Waals surface area (Å²) >= 11 is 0. The molecule has 1 aromatic heterocycles. The standard InChI is InChI=1S/C13H17N3/c1-10-4-3-5-13(6-10)16-9-12(8-15-16)11(2)7-14/h3-6,8-9,11H,7,14H2,1-2H3. The van der Waals surface area contributed by atoms with Crippen LogP contribution in [0.3, 0.4) is 0 Å². The van der Waals surface area contributed by atoms with Gasteiger partial charge < -0.3 is 5.73 Å². The molecule has 16 heavy (non-hydrogen) atoms. The summed E-state index contributed by atoms with van der Waals surface area (Å²) in [7, 11) is 0. The monoisotopic (exact) mass is 215 g/mol. The Kier molecular flexibility index (Phi) is 3.06. The van der Waals surface area contributed by atoms with Crippen molar-refractivity contribution in [1.82, 2.24) is 9.78 Å². The van der Waals surface area contributed by atoms with E-state index in [0.29, 0.717) is 12.5 Å². The molecule has 0 aliphatic heterocycles. The quantitative estimate of drug-likeness (QED) is 0.853. The molecule has 0 spiro atoms. The molecule has 2 rings (SSSR count). The van der Waals surface area contributed by atoms with E-state index in [0.717, 1.165) is 5.69 Å². The van der Waals surface area contributed by atoms with Gasteiger partial charge in [-0.2, -0.15) is 5.10 Å². The minimum atomic E-state index is 0.360. The first kappa shape index (κ1) is 10.9. The van der Waals surface area contributed by atoms with Crippen molar-refractivity contribution in [3.63, 3.8) is 0 Å². The molecule has 0 radical (unpaired) electrons. The highest BCUT2D eigenvalue weighted by molar-refractivity contribution is 5.35. The van der Waals surface area contributed by atoms with Crippen molar-refractivity contribution in [2.75, 3.05) is 6.54 Å². The molecule has 1 atom stereocenters. The number of nitrogens with zero attached hydrogens (tertiary/aromatic N) is 2. The van der Waals surface area contributed by atoms with Gasteiger partial charge in [0.25, 0.3) is 0 Å². The predicted molar refractivity (Wildman–Crippen MR) is 65.8 cm³/mol. The molecule has 0 fully saturated rings. The number of aromatic nitrogens is 2. The SMILES string of the molecule is Cc1cccc(-n2cc(C(C)CN)cn2)c1. The van der Waals surface area contributed by atoms with E-state index in [2.05, 4.69) is 37.1 Å². The van der Waals surface area contributed by atoms with Crippen LogP contribution in [0.4, 0.5) is 0 Å². The van der Waals surface area contributed by atoms with Crippen LogP contribution in [0.5, 0.6) is 0 Å². The lowest BCUT2D eigenvalue weighted by Crippen LogP contribution is -2.07. The lowest BCUT2D eigenvalue weighted by Gasteiger charge is -2.04. The Morgan fingerprint density at radius 3 is 2.94 bits per heavy atom. The number of benzene rings is 1. The maximum Gasteiger partial charge on any atom is 0.0648 e. The Hall–Kier alpha value is -1.61. The Morgan fingerprint density at radius 1 is 1.44 bits per heavy atom. The van der Waals surface area contributed by atoms with Crippen LogP contribution < -0.4 is 5.73 Å². The summed E-state index contributed by atoms with van der Waals surface area (Å²) in [6.07, 6.45) is 3.94. The molecule has 0 aliphatic carbocycles. The Bertz CT molecular complexity index is 474. The third kappa shape index (κ3) is 2.14. The number of nitrogens with two attached hydrogens (primary N) is 1. The van der Waals surface area contributed by atoms with Gasteiger partial charge in [-0.05, 0) is 42.6 Å². The Morgan fingerprint density at radius 2 is 2.25 bits per heavy atom. The maximum atomic E-state index is 5.64. The second-order valence-electron chi connectivity index (χ2n) is 4.19. The normalized spacial score (nSPS) is 12.7. The molecule has 0 aliphatic rings. The predicted octanol–water partition coefficient (Wildman–Crippen LogP) is 2.24. The fraction of sp³-hybridized carbons (Fsp3) is 0.308. The van der Waals surface area contributed by atoms with Crippen molar-refractivity contribution in [1.29, 1.82) is 0 Å². The van der Waals surface area contributed by atoms with Crippen molar-refractivity contribution in [3.05, 3.63) is 47.8 Å². The van der Waals surface area contributed by atoms with Crippen LogP contribution >= 0.6 is 0 Å². The summed E-state index contributed by atoms with van der Waals surface area (Å²) in [5.74, 6) is 0.360. The maximum absolute atomic E-state index is 5.64. The molecular formula is C13H17N3. The summed E-state index contributed by atoms with van der Waals surface area (Å²) in [6, 6.07) is 8.29. The number of aryl methyl sites for hydroxylation is 1. The number of rotatable bonds is 3. The lowest BCUT2D eigenvalue weighted by atomic mass is 10.1. The molecule has 2 N–H and O–H groups in total. The second-order valence-corrected chi connectivity index (χ2v) is 4.19. The molecule has 1 heterocycles. The van der Waals surface area contributed by atoms with E-state index in [9.17, 15) is 0 Å². The van der Waals surface area contributed by atoms with Gasteiger partial charge in [0.05, 0.1) is 11.9 Å². The van der Waals surface area contributed by atoms with Gasteiger partial charge in [0.2, 0.25) is 0 Å². The van der Waals surface area contributed by atoms with Crippen molar-refractivity contribution < 1.29 is 0 Å². The first-order valence-corrected chi connectivity index (χ1v) is 5.52. The summed E-state index contributed by atoms with van der Waals surface area (Å²) in [4.78, 5) is 0. The van der Waals surface area contributed by atoms with E-state index < -0.39 is 0 Å².